The normalized spacial score (nSPS) is 10.2. The van der Waals surface area contributed by atoms with Crippen LogP contribution >= 0.6 is 0 Å². The van der Waals surface area contributed by atoms with Gasteiger partial charge in [-0.3, -0.25) is 0 Å². The van der Waals surface area contributed by atoms with Crippen molar-refractivity contribution in [3.8, 4) is 0 Å². The second-order valence-electron chi connectivity index (χ2n) is 4.28. The summed E-state index contributed by atoms with van der Waals surface area (Å²) >= 11 is 0. The van der Waals surface area contributed by atoms with Crippen LogP contribution in [0.5, 0.6) is 0 Å². The monoisotopic (exact) mass is 251 g/mol. The minimum atomic E-state index is -0.0795. The molecule has 18 heavy (non-hydrogen) atoms. The van der Waals surface area contributed by atoms with Crippen molar-refractivity contribution in [2.45, 2.75) is 13.2 Å². The van der Waals surface area contributed by atoms with Gasteiger partial charge in [-0.1, -0.05) is 24.3 Å². The molecule has 2 amide bonds. The van der Waals surface area contributed by atoms with Crippen LogP contribution in [0.1, 0.15) is 11.1 Å². The molecule has 0 aliphatic rings. The number of hydrogen-bond donors (Lipinski definition) is 3. The van der Waals surface area contributed by atoms with E-state index in [0.29, 0.717) is 6.54 Å². The van der Waals surface area contributed by atoms with E-state index in [1.165, 1.54) is 4.90 Å². The van der Waals surface area contributed by atoms with Crippen molar-refractivity contribution in [1.29, 1.82) is 0 Å². The first kappa shape index (κ1) is 14.5. The van der Waals surface area contributed by atoms with Gasteiger partial charge in [0.2, 0.25) is 0 Å². The van der Waals surface area contributed by atoms with Crippen LogP contribution < -0.4 is 10.6 Å². The van der Waals surface area contributed by atoms with Crippen LogP contribution in [0.2, 0.25) is 0 Å². The van der Waals surface area contributed by atoms with E-state index in [1.54, 1.807) is 14.1 Å². The molecule has 1 aromatic carbocycles. The van der Waals surface area contributed by atoms with Crippen molar-refractivity contribution >= 4 is 6.03 Å². The molecule has 100 valence electrons. The minimum absolute atomic E-state index is 0.0737. The Kier molecular flexibility index (Phi) is 6.18. The maximum atomic E-state index is 11.2. The lowest BCUT2D eigenvalue weighted by molar-refractivity contribution is 0.217. The van der Waals surface area contributed by atoms with Gasteiger partial charge in [0, 0.05) is 33.7 Å². The van der Waals surface area contributed by atoms with Gasteiger partial charge in [0.1, 0.15) is 0 Å². The molecule has 1 aromatic rings. The molecule has 0 aliphatic heterocycles. The molecule has 0 unspecified atom stereocenters. The van der Waals surface area contributed by atoms with Crippen LogP contribution in [-0.4, -0.2) is 43.2 Å². The maximum absolute atomic E-state index is 11.2. The topological polar surface area (TPSA) is 64.6 Å². The summed E-state index contributed by atoms with van der Waals surface area (Å²) in [4.78, 5) is 12.7. The molecule has 0 saturated carbocycles. The molecular weight excluding hydrogens is 230 g/mol. The van der Waals surface area contributed by atoms with Crippen LogP contribution in [0.25, 0.3) is 0 Å². The fourth-order valence-electron chi connectivity index (χ4n) is 1.41. The van der Waals surface area contributed by atoms with Gasteiger partial charge in [0.15, 0.2) is 0 Å². The Morgan fingerprint density at radius 3 is 2.33 bits per heavy atom. The molecule has 0 aromatic heterocycles. The number of carbonyl (C=O) groups excluding carboxylic acids is 1. The van der Waals surface area contributed by atoms with Gasteiger partial charge in [-0.25, -0.2) is 4.79 Å². The largest absolute Gasteiger partial charge is 0.392 e. The van der Waals surface area contributed by atoms with Crippen LogP contribution in [0.15, 0.2) is 24.3 Å². The third-order valence-electron chi connectivity index (χ3n) is 2.52. The van der Waals surface area contributed by atoms with Gasteiger partial charge in [0.25, 0.3) is 0 Å². The number of hydrogen-bond acceptors (Lipinski definition) is 3. The van der Waals surface area contributed by atoms with Crippen molar-refractivity contribution < 1.29 is 9.90 Å². The summed E-state index contributed by atoms with van der Waals surface area (Å²) in [6.07, 6.45) is 0. The molecule has 0 fully saturated rings. The number of urea groups is 1. The number of aliphatic hydroxyl groups excluding tert-OH is 1. The molecule has 0 bridgehead atoms. The quantitative estimate of drug-likeness (QED) is 0.647. The van der Waals surface area contributed by atoms with E-state index >= 15 is 0 Å². The van der Waals surface area contributed by atoms with E-state index in [1.807, 2.05) is 24.3 Å². The van der Waals surface area contributed by atoms with E-state index in [-0.39, 0.29) is 12.6 Å². The van der Waals surface area contributed by atoms with E-state index in [2.05, 4.69) is 10.6 Å². The zero-order valence-electron chi connectivity index (χ0n) is 10.9. The molecule has 0 radical (unpaired) electrons. The molecule has 0 spiro atoms. The molecule has 0 aliphatic carbocycles. The summed E-state index contributed by atoms with van der Waals surface area (Å²) in [5.74, 6) is 0. The van der Waals surface area contributed by atoms with Crippen molar-refractivity contribution in [2.24, 2.45) is 0 Å². The van der Waals surface area contributed by atoms with Gasteiger partial charge in [0.05, 0.1) is 6.61 Å². The number of carbonyl (C=O) groups is 1. The Morgan fingerprint density at radius 2 is 1.78 bits per heavy atom. The lowest BCUT2D eigenvalue weighted by Crippen LogP contribution is -2.38. The molecule has 3 N–H and O–H groups in total. The molecule has 0 saturated heterocycles. The minimum Gasteiger partial charge on any atom is -0.392 e. The highest BCUT2D eigenvalue weighted by molar-refractivity contribution is 5.73. The lowest BCUT2D eigenvalue weighted by Gasteiger charge is -2.12. The number of nitrogens with one attached hydrogen (secondary N) is 2. The van der Waals surface area contributed by atoms with Crippen molar-refractivity contribution in [1.82, 2.24) is 15.5 Å². The first-order chi connectivity index (χ1) is 8.63. The lowest BCUT2D eigenvalue weighted by atomic mass is 10.1. The fourth-order valence-corrected chi connectivity index (χ4v) is 1.41. The first-order valence-electron chi connectivity index (χ1n) is 5.98. The average Bonchev–Trinajstić information content (AvgIpc) is 2.38. The zero-order chi connectivity index (χ0) is 13.4. The maximum Gasteiger partial charge on any atom is 0.316 e. The van der Waals surface area contributed by atoms with Gasteiger partial charge in [-0.15, -0.1) is 0 Å². The van der Waals surface area contributed by atoms with Crippen LogP contribution in [-0.2, 0) is 13.2 Å². The Bertz CT molecular complexity index is 363. The number of benzene rings is 1. The van der Waals surface area contributed by atoms with E-state index < -0.39 is 0 Å². The summed E-state index contributed by atoms with van der Waals surface area (Å²) in [6.45, 7) is 2.15. The van der Waals surface area contributed by atoms with Gasteiger partial charge in [-0.2, -0.15) is 0 Å². The van der Waals surface area contributed by atoms with Crippen LogP contribution in [0, 0.1) is 0 Å². The summed E-state index contributed by atoms with van der Waals surface area (Å²) in [6, 6.07) is 7.70. The predicted octanol–water partition coefficient (Wildman–Crippen LogP) is 0.540. The van der Waals surface area contributed by atoms with Crippen molar-refractivity contribution in [3.05, 3.63) is 35.4 Å². The summed E-state index contributed by atoms with van der Waals surface area (Å²) in [5, 5.41) is 14.9. The Balaban J connectivity index is 2.15. The van der Waals surface area contributed by atoms with E-state index in [0.717, 1.165) is 24.2 Å². The standard InChI is InChI=1S/C13H21N3O2/c1-16(2)13(18)15-8-7-14-9-11-3-5-12(10-17)6-4-11/h3-6,14,17H,7-10H2,1-2H3,(H,15,18). The van der Waals surface area contributed by atoms with E-state index in [9.17, 15) is 4.79 Å². The summed E-state index contributed by atoms with van der Waals surface area (Å²) < 4.78 is 0. The third kappa shape index (κ3) is 5.16. The van der Waals surface area contributed by atoms with Gasteiger partial charge in [-0.05, 0) is 11.1 Å². The summed E-state index contributed by atoms with van der Waals surface area (Å²) in [7, 11) is 3.43. The molecule has 0 atom stereocenters. The fraction of sp³-hybridized carbons (Fsp3) is 0.462. The van der Waals surface area contributed by atoms with Gasteiger partial charge >= 0.3 is 6.03 Å². The second-order valence-corrected chi connectivity index (χ2v) is 4.28. The molecular formula is C13H21N3O2. The van der Waals surface area contributed by atoms with Gasteiger partial charge < -0.3 is 20.6 Å². The highest BCUT2D eigenvalue weighted by Gasteiger charge is 2.00. The number of amides is 2. The van der Waals surface area contributed by atoms with Crippen molar-refractivity contribution in [2.75, 3.05) is 27.2 Å². The highest BCUT2D eigenvalue weighted by atomic mass is 16.3. The SMILES string of the molecule is CN(C)C(=O)NCCNCc1ccc(CO)cc1. The molecule has 1 rings (SSSR count). The van der Waals surface area contributed by atoms with Crippen molar-refractivity contribution in [3.63, 3.8) is 0 Å². The van der Waals surface area contributed by atoms with Crippen LogP contribution in [0.4, 0.5) is 4.79 Å². The number of nitrogens with zero attached hydrogens (tertiary/aromatic N) is 1. The third-order valence-corrected chi connectivity index (χ3v) is 2.52. The first-order valence-corrected chi connectivity index (χ1v) is 5.98. The number of rotatable bonds is 6. The molecule has 5 nitrogen and oxygen atoms in total. The second kappa shape index (κ2) is 7.68. The number of aliphatic hydroxyl groups is 1. The highest BCUT2D eigenvalue weighted by Crippen LogP contribution is 2.03. The molecule has 5 heteroatoms. The van der Waals surface area contributed by atoms with E-state index in [4.69, 9.17) is 5.11 Å². The molecule has 0 heterocycles. The Morgan fingerprint density at radius 1 is 1.17 bits per heavy atom. The summed E-state index contributed by atoms with van der Waals surface area (Å²) in [5.41, 5.74) is 2.07. The average molecular weight is 251 g/mol. The smallest absolute Gasteiger partial charge is 0.316 e. The zero-order valence-corrected chi connectivity index (χ0v) is 10.9. The van der Waals surface area contributed by atoms with Crippen LogP contribution in [0.3, 0.4) is 0 Å². The Labute approximate surface area is 108 Å². The predicted molar refractivity (Wildman–Crippen MR) is 71.2 cm³/mol. The Hall–Kier alpha value is -1.59.